The first-order chi connectivity index (χ1) is 11.4. The third-order valence-electron chi connectivity index (χ3n) is 4.60. The molecule has 7 heteroatoms. The molecule has 0 bridgehead atoms. The van der Waals surface area contributed by atoms with Gasteiger partial charge < -0.3 is 20.1 Å². The highest BCUT2D eigenvalue weighted by Gasteiger charge is 2.25. The van der Waals surface area contributed by atoms with E-state index in [0.717, 1.165) is 32.2 Å². The minimum atomic E-state index is 0. The molecule has 25 heavy (non-hydrogen) atoms. The van der Waals surface area contributed by atoms with Gasteiger partial charge in [-0.05, 0) is 31.7 Å². The lowest BCUT2D eigenvalue weighted by Gasteiger charge is -2.28. The summed E-state index contributed by atoms with van der Waals surface area (Å²) in [5, 5.41) is 6.84. The van der Waals surface area contributed by atoms with Gasteiger partial charge in [0.2, 0.25) is 0 Å². The molecule has 1 aliphatic heterocycles. The van der Waals surface area contributed by atoms with Crippen LogP contribution >= 0.6 is 24.0 Å². The number of aliphatic imine (C=N–C) groups is 1. The molecule has 1 aliphatic rings. The standard InChI is InChI=1S/C18H38N4O2.HI/c1-7-19-17(21-14-16(24-6)18(2,3)4)20-13-15-9-8-10-22(15)11-12-23-5;/h15-16H,7-14H2,1-6H3,(H2,19,20,21);1H. The first-order valence-corrected chi connectivity index (χ1v) is 9.20. The normalized spacial score (nSPS) is 20.2. The van der Waals surface area contributed by atoms with Crippen LogP contribution in [0, 0.1) is 5.41 Å². The van der Waals surface area contributed by atoms with E-state index < -0.39 is 0 Å². The van der Waals surface area contributed by atoms with E-state index in [1.165, 1.54) is 19.4 Å². The first-order valence-electron chi connectivity index (χ1n) is 9.20. The lowest BCUT2D eigenvalue weighted by molar-refractivity contribution is 0.0241. The van der Waals surface area contributed by atoms with Gasteiger partial charge in [-0.25, -0.2) is 0 Å². The minimum absolute atomic E-state index is 0. The van der Waals surface area contributed by atoms with E-state index in [4.69, 9.17) is 14.5 Å². The predicted octanol–water partition coefficient (Wildman–Crippen LogP) is 2.33. The van der Waals surface area contributed by atoms with Crippen molar-refractivity contribution in [2.75, 3.05) is 53.6 Å². The molecule has 1 heterocycles. The van der Waals surface area contributed by atoms with E-state index in [-0.39, 0.29) is 35.5 Å². The van der Waals surface area contributed by atoms with Gasteiger partial charge in [0.05, 0.1) is 19.3 Å². The Kier molecular flexibility index (Phi) is 13.0. The zero-order chi connectivity index (χ0) is 18.0. The number of ether oxygens (including phenoxy) is 2. The van der Waals surface area contributed by atoms with Crippen molar-refractivity contribution in [1.82, 2.24) is 15.5 Å². The summed E-state index contributed by atoms with van der Waals surface area (Å²) in [4.78, 5) is 7.23. The number of methoxy groups -OCH3 is 2. The molecule has 0 aromatic carbocycles. The molecule has 0 aliphatic carbocycles. The van der Waals surface area contributed by atoms with Crippen molar-refractivity contribution in [3.05, 3.63) is 0 Å². The van der Waals surface area contributed by atoms with E-state index in [1.807, 2.05) is 0 Å². The van der Waals surface area contributed by atoms with Gasteiger partial charge in [-0.2, -0.15) is 0 Å². The average molecular weight is 470 g/mol. The second-order valence-electron chi connectivity index (χ2n) is 7.52. The highest BCUT2D eigenvalue weighted by molar-refractivity contribution is 14.0. The number of halogens is 1. The number of nitrogens with one attached hydrogen (secondary N) is 2. The summed E-state index contributed by atoms with van der Waals surface area (Å²) in [6, 6.07) is 0.560. The van der Waals surface area contributed by atoms with Crippen molar-refractivity contribution in [2.45, 2.75) is 52.7 Å². The van der Waals surface area contributed by atoms with E-state index >= 15 is 0 Å². The van der Waals surface area contributed by atoms with Gasteiger partial charge in [-0.1, -0.05) is 20.8 Å². The zero-order valence-electron chi connectivity index (χ0n) is 16.9. The van der Waals surface area contributed by atoms with E-state index in [9.17, 15) is 0 Å². The van der Waals surface area contributed by atoms with Gasteiger partial charge in [0.25, 0.3) is 0 Å². The quantitative estimate of drug-likeness (QED) is 0.308. The third-order valence-corrected chi connectivity index (χ3v) is 4.60. The number of guanidine groups is 1. The summed E-state index contributed by atoms with van der Waals surface area (Å²) in [6.45, 7) is 14.1. The molecule has 0 aromatic rings. The van der Waals surface area contributed by atoms with Crippen molar-refractivity contribution in [1.29, 1.82) is 0 Å². The maximum absolute atomic E-state index is 5.60. The van der Waals surface area contributed by atoms with Crippen molar-refractivity contribution >= 4 is 29.9 Å². The van der Waals surface area contributed by atoms with Gasteiger partial charge in [0.15, 0.2) is 5.96 Å². The monoisotopic (exact) mass is 470 g/mol. The Morgan fingerprint density at radius 2 is 2.00 bits per heavy atom. The summed E-state index contributed by atoms with van der Waals surface area (Å²) in [5.74, 6) is 0.877. The molecule has 0 radical (unpaired) electrons. The Morgan fingerprint density at radius 1 is 1.28 bits per heavy atom. The Balaban J connectivity index is 0.00000576. The highest BCUT2D eigenvalue weighted by Crippen LogP contribution is 2.21. The second kappa shape index (κ2) is 13.1. The molecule has 6 nitrogen and oxygen atoms in total. The molecule has 150 valence electrons. The molecule has 1 saturated heterocycles. The number of rotatable bonds is 9. The van der Waals surface area contributed by atoms with Crippen LogP contribution in [0.4, 0.5) is 0 Å². The van der Waals surface area contributed by atoms with E-state index in [2.05, 4.69) is 43.2 Å². The Morgan fingerprint density at radius 3 is 2.56 bits per heavy atom. The molecule has 1 fully saturated rings. The molecule has 0 aromatic heterocycles. The number of hydrogen-bond donors (Lipinski definition) is 2. The average Bonchev–Trinajstić information content (AvgIpc) is 2.97. The van der Waals surface area contributed by atoms with Crippen molar-refractivity contribution in [3.63, 3.8) is 0 Å². The minimum Gasteiger partial charge on any atom is -0.383 e. The third kappa shape index (κ3) is 9.40. The summed E-state index contributed by atoms with van der Waals surface area (Å²) in [6.07, 6.45) is 2.61. The van der Waals surface area contributed by atoms with Gasteiger partial charge >= 0.3 is 0 Å². The molecule has 2 unspecified atom stereocenters. The predicted molar refractivity (Wildman–Crippen MR) is 116 cm³/mol. The number of hydrogen-bond acceptors (Lipinski definition) is 4. The lowest BCUT2D eigenvalue weighted by Crippen LogP contribution is -2.46. The number of likely N-dealkylation sites (tertiary alicyclic amines) is 1. The van der Waals surface area contributed by atoms with Gasteiger partial charge in [-0.3, -0.25) is 9.89 Å². The van der Waals surface area contributed by atoms with Crippen LogP contribution < -0.4 is 10.6 Å². The topological polar surface area (TPSA) is 58.1 Å². The van der Waals surface area contributed by atoms with Crippen LogP contribution in [0.15, 0.2) is 4.99 Å². The van der Waals surface area contributed by atoms with Gasteiger partial charge in [-0.15, -0.1) is 24.0 Å². The lowest BCUT2D eigenvalue weighted by atomic mass is 9.89. The summed E-state index contributed by atoms with van der Waals surface area (Å²) in [5.41, 5.74) is 0.0813. The highest BCUT2D eigenvalue weighted by atomic mass is 127. The SMILES string of the molecule is CCNC(=NCC(OC)C(C)(C)C)NCC1CCCN1CCOC.I. The molecule has 1 rings (SSSR count). The van der Waals surface area contributed by atoms with Crippen LogP contribution in [0.1, 0.15) is 40.5 Å². The van der Waals surface area contributed by atoms with Crippen LogP contribution in [-0.4, -0.2) is 76.6 Å². The van der Waals surface area contributed by atoms with Crippen LogP contribution in [0.5, 0.6) is 0 Å². The van der Waals surface area contributed by atoms with Crippen LogP contribution in [-0.2, 0) is 9.47 Å². The fraction of sp³-hybridized carbons (Fsp3) is 0.944. The fourth-order valence-corrected chi connectivity index (χ4v) is 3.06. The molecule has 0 spiro atoms. The molecule has 2 N–H and O–H groups in total. The van der Waals surface area contributed by atoms with Gasteiger partial charge in [0, 0.05) is 39.9 Å². The van der Waals surface area contributed by atoms with Crippen molar-refractivity contribution in [2.24, 2.45) is 10.4 Å². The molecule has 2 atom stereocenters. The summed E-state index contributed by atoms with van der Waals surface area (Å²) < 4.78 is 10.8. The number of nitrogens with zero attached hydrogens (tertiary/aromatic N) is 2. The largest absolute Gasteiger partial charge is 0.383 e. The Labute approximate surface area is 171 Å². The smallest absolute Gasteiger partial charge is 0.191 e. The maximum atomic E-state index is 5.60. The maximum Gasteiger partial charge on any atom is 0.191 e. The van der Waals surface area contributed by atoms with Crippen LogP contribution in [0.25, 0.3) is 0 Å². The van der Waals surface area contributed by atoms with Gasteiger partial charge in [0.1, 0.15) is 0 Å². The molecule has 0 amide bonds. The Hall–Kier alpha value is -0.120. The first kappa shape index (κ1) is 24.9. The van der Waals surface area contributed by atoms with Crippen molar-refractivity contribution < 1.29 is 9.47 Å². The summed E-state index contributed by atoms with van der Waals surface area (Å²) in [7, 11) is 3.53. The molecule has 0 saturated carbocycles. The van der Waals surface area contributed by atoms with Crippen LogP contribution in [0.2, 0.25) is 0 Å². The fourth-order valence-electron chi connectivity index (χ4n) is 3.06. The van der Waals surface area contributed by atoms with E-state index in [1.54, 1.807) is 14.2 Å². The zero-order valence-corrected chi connectivity index (χ0v) is 19.3. The molecular weight excluding hydrogens is 431 g/mol. The van der Waals surface area contributed by atoms with Crippen LogP contribution in [0.3, 0.4) is 0 Å². The molecular formula is C18H39IN4O2. The second-order valence-corrected chi connectivity index (χ2v) is 7.52. The summed E-state index contributed by atoms with van der Waals surface area (Å²) >= 11 is 0. The van der Waals surface area contributed by atoms with E-state index in [0.29, 0.717) is 12.6 Å². The van der Waals surface area contributed by atoms with Crippen molar-refractivity contribution in [3.8, 4) is 0 Å². The Bertz CT molecular complexity index is 375.